The maximum Gasteiger partial charge on any atom is 0.308 e. The van der Waals surface area contributed by atoms with Crippen LogP contribution in [-0.4, -0.2) is 36.1 Å². The summed E-state index contributed by atoms with van der Waals surface area (Å²) in [6.07, 6.45) is 1.08. The van der Waals surface area contributed by atoms with Gasteiger partial charge in [-0.25, -0.2) is 8.42 Å². The smallest absolute Gasteiger partial charge is 0.308 e. The lowest BCUT2D eigenvalue weighted by atomic mass is 10.1. The summed E-state index contributed by atoms with van der Waals surface area (Å²) >= 11 is 1.06. The summed E-state index contributed by atoms with van der Waals surface area (Å²) in [6.45, 7) is 7.10. The first-order valence-corrected chi connectivity index (χ1v) is 13.2. The molecule has 3 rings (SSSR count). The summed E-state index contributed by atoms with van der Waals surface area (Å²) in [5.74, 6) is -0.589. The van der Waals surface area contributed by atoms with Crippen LogP contribution in [0.5, 0.6) is 0 Å². The van der Waals surface area contributed by atoms with Gasteiger partial charge in [-0.3, -0.25) is 28.6 Å². The lowest BCUT2D eigenvalue weighted by molar-refractivity contribution is -0.384. The van der Waals surface area contributed by atoms with E-state index in [4.69, 9.17) is 0 Å². The van der Waals surface area contributed by atoms with E-state index in [2.05, 4.69) is 5.32 Å². The normalized spacial score (nSPS) is 12.6. The molecule has 0 unspecified atom stereocenters. The summed E-state index contributed by atoms with van der Waals surface area (Å²) in [5, 5.41) is 14.0. The average molecular weight is 507 g/mol. The molecule has 0 fully saturated rings. The maximum atomic E-state index is 13.2. The molecule has 12 heteroatoms. The molecule has 0 aliphatic rings. The van der Waals surface area contributed by atoms with E-state index in [0.29, 0.717) is 16.0 Å². The van der Waals surface area contributed by atoms with Crippen molar-refractivity contribution in [3.8, 4) is 0 Å². The van der Waals surface area contributed by atoms with Gasteiger partial charge in [-0.2, -0.15) is 0 Å². The van der Waals surface area contributed by atoms with Crippen molar-refractivity contribution in [3.05, 3.63) is 61.7 Å². The molecule has 0 aliphatic carbocycles. The molecule has 182 valence electrons. The third-order valence-electron chi connectivity index (χ3n) is 5.37. The number of carbonyl (C=O) groups excluding carboxylic acids is 1. The fraction of sp³-hybridized carbons (Fsp3) is 0.364. The first kappa shape index (κ1) is 25.4. The van der Waals surface area contributed by atoms with Gasteiger partial charge in [0.05, 0.1) is 27.1 Å². The van der Waals surface area contributed by atoms with E-state index >= 15 is 0 Å². The Balaban J connectivity index is 2.01. The zero-order valence-electron chi connectivity index (χ0n) is 19.4. The number of non-ortho nitro benzene ring substituents is 1. The average Bonchev–Trinajstić information content (AvgIpc) is 3.06. The molecule has 0 bridgehead atoms. The molecule has 0 aliphatic heterocycles. The van der Waals surface area contributed by atoms with Crippen LogP contribution >= 0.6 is 11.3 Å². The number of aromatic nitrogens is 1. The third kappa shape index (κ3) is 4.97. The fourth-order valence-electron chi connectivity index (χ4n) is 3.81. The molecule has 0 radical (unpaired) electrons. The number of nitrogens with one attached hydrogen (secondary N) is 1. The minimum atomic E-state index is -3.97. The van der Waals surface area contributed by atoms with Crippen LogP contribution in [0.25, 0.3) is 10.2 Å². The quantitative estimate of drug-likeness (QED) is 0.362. The number of hydrogen-bond acceptors (Lipinski definition) is 7. The summed E-state index contributed by atoms with van der Waals surface area (Å²) in [7, 11) is -3.97. The summed E-state index contributed by atoms with van der Waals surface area (Å²) < 4.78 is 28.8. The third-order valence-corrected chi connectivity index (χ3v) is 7.45. The number of thiazole rings is 1. The number of rotatable bonds is 8. The molecule has 1 atom stereocenters. The first-order chi connectivity index (χ1) is 15.8. The van der Waals surface area contributed by atoms with Gasteiger partial charge >= 0.3 is 4.87 Å². The predicted molar refractivity (Wildman–Crippen MR) is 134 cm³/mol. The summed E-state index contributed by atoms with van der Waals surface area (Å²) in [4.78, 5) is 36.1. The van der Waals surface area contributed by atoms with Crippen LogP contribution in [-0.2, 0) is 14.8 Å². The number of amides is 1. The molecular weight excluding hydrogens is 480 g/mol. The number of aryl methyl sites for hydroxylation is 1. The number of sulfonamides is 1. The van der Waals surface area contributed by atoms with E-state index < -0.39 is 26.9 Å². The zero-order valence-corrected chi connectivity index (χ0v) is 21.1. The number of carbonyl (C=O) groups is 1. The zero-order chi connectivity index (χ0) is 25.4. The second-order valence-corrected chi connectivity index (χ2v) is 11.1. The highest BCUT2D eigenvalue weighted by Crippen LogP contribution is 2.31. The van der Waals surface area contributed by atoms with Crippen molar-refractivity contribution < 1.29 is 18.1 Å². The lowest BCUT2D eigenvalue weighted by Crippen LogP contribution is -2.47. The van der Waals surface area contributed by atoms with Crippen molar-refractivity contribution in [2.45, 2.75) is 46.2 Å². The highest BCUT2D eigenvalue weighted by Gasteiger charge is 2.33. The molecule has 0 saturated carbocycles. The van der Waals surface area contributed by atoms with Crippen molar-refractivity contribution >= 4 is 54.5 Å². The van der Waals surface area contributed by atoms with Crippen molar-refractivity contribution in [1.29, 1.82) is 0 Å². The van der Waals surface area contributed by atoms with E-state index in [-0.39, 0.29) is 28.7 Å². The summed E-state index contributed by atoms with van der Waals surface area (Å²) in [5.41, 5.74) is 1.43. The van der Waals surface area contributed by atoms with E-state index in [0.717, 1.165) is 33.5 Å². The first-order valence-electron chi connectivity index (χ1n) is 10.6. The van der Waals surface area contributed by atoms with Gasteiger partial charge in [0, 0.05) is 23.9 Å². The monoisotopic (exact) mass is 506 g/mol. The van der Waals surface area contributed by atoms with Crippen molar-refractivity contribution in [2.24, 2.45) is 0 Å². The lowest BCUT2D eigenvalue weighted by Gasteiger charge is -2.31. The van der Waals surface area contributed by atoms with Crippen LogP contribution in [0, 0.1) is 17.0 Å². The van der Waals surface area contributed by atoms with Gasteiger partial charge in [0.25, 0.3) is 5.69 Å². The highest BCUT2D eigenvalue weighted by molar-refractivity contribution is 7.92. The molecular formula is C22H26N4O6S2. The number of benzene rings is 2. The maximum absolute atomic E-state index is 13.2. The summed E-state index contributed by atoms with van der Waals surface area (Å²) in [6, 6.07) is 7.79. The Morgan fingerprint density at radius 3 is 2.47 bits per heavy atom. The van der Waals surface area contributed by atoms with Crippen molar-refractivity contribution in [3.63, 3.8) is 0 Å². The number of nitro groups is 1. The van der Waals surface area contributed by atoms with Gasteiger partial charge in [0.2, 0.25) is 15.9 Å². The van der Waals surface area contributed by atoms with Crippen LogP contribution in [0.4, 0.5) is 17.1 Å². The second kappa shape index (κ2) is 9.55. The van der Waals surface area contributed by atoms with Crippen molar-refractivity contribution in [1.82, 2.24) is 4.57 Å². The molecule has 3 aromatic rings. The SMILES string of the molecule is CC[C@H](C(=O)Nc1ccc2c(c1)sc(=O)n2C(C)C)N(c1cc([N+](=O)[O-])ccc1C)S(C)(=O)=O. The molecule has 1 heterocycles. The Hall–Kier alpha value is -3.25. The number of hydrogen-bond donors (Lipinski definition) is 1. The van der Waals surface area contributed by atoms with Gasteiger partial charge in [-0.05, 0) is 51.0 Å². The Kier molecular flexibility index (Phi) is 7.13. The fourth-order valence-corrected chi connectivity index (χ4v) is 6.13. The molecule has 34 heavy (non-hydrogen) atoms. The van der Waals surface area contributed by atoms with E-state index in [1.165, 1.54) is 12.1 Å². The molecule has 1 amide bonds. The topological polar surface area (TPSA) is 132 Å². The molecule has 0 spiro atoms. The van der Waals surface area contributed by atoms with E-state index in [1.807, 2.05) is 13.8 Å². The Morgan fingerprint density at radius 2 is 1.91 bits per heavy atom. The second-order valence-electron chi connectivity index (χ2n) is 8.21. The highest BCUT2D eigenvalue weighted by atomic mass is 32.2. The number of anilines is 2. The molecule has 0 saturated heterocycles. The Bertz CT molecular complexity index is 1420. The Morgan fingerprint density at radius 1 is 1.24 bits per heavy atom. The number of nitro benzene ring substituents is 1. The van der Waals surface area contributed by atoms with E-state index in [9.17, 15) is 28.1 Å². The molecule has 2 aromatic carbocycles. The van der Waals surface area contributed by atoms with E-state index in [1.54, 1.807) is 36.6 Å². The molecule has 1 aromatic heterocycles. The number of fused-ring (bicyclic) bond motifs is 1. The van der Waals surface area contributed by atoms with Gasteiger partial charge in [-0.15, -0.1) is 0 Å². The largest absolute Gasteiger partial charge is 0.324 e. The molecule has 10 nitrogen and oxygen atoms in total. The van der Waals surface area contributed by atoms with Gasteiger partial charge in [-0.1, -0.05) is 24.3 Å². The van der Waals surface area contributed by atoms with Crippen LogP contribution in [0.15, 0.2) is 41.2 Å². The molecule has 1 N–H and O–H groups in total. The van der Waals surface area contributed by atoms with Crippen LogP contribution < -0.4 is 14.5 Å². The minimum absolute atomic E-state index is 0.0207. The minimum Gasteiger partial charge on any atom is -0.324 e. The van der Waals surface area contributed by atoms with Crippen LogP contribution in [0.2, 0.25) is 0 Å². The Labute approximate surface area is 201 Å². The van der Waals surface area contributed by atoms with Gasteiger partial charge in [0.1, 0.15) is 6.04 Å². The number of nitrogens with zero attached hydrogens (tertiary/aromatic N) is 3. The van der Waals surface area contributed by atoms with Crippen LogP contribution in [0.3, 0.4) is 0 Å². The van der Waals surface area contributed by atoms with Gasteiger partial charge < -0.3 is 5.32 Å². The standard InChI is InChI=1S/C22H26N4O6S2/c1-6-17(25(34(5,31)32)19-12-16(26(29)30)9-7-14(19)4)21(27)23-15-8-10-18-20(11-15)33-22(28)24(18)13(2)3/h7-13,17H,6H2,1-5H3,(H,23,27)/t17-/m1/s1. The van der Waals surface area contributed by atoms with Crippen LogP contribution in [0.1, 0.15) is 38.8 Å². The van der Waals surface area contributed by atoms with Gasteiger partial charge in [0.15, 0.2) is 0 Å². The van der Waals surface area contributed by atoms with Crippen molar-refractivity contribution in [2.75, 3.05) is 15.9 Å². The predicted octanol–water partition coefficient (Wildman–Crippen LogP) is 4.04.